The first-order valence-electron chi connectivity index (χ1n) is 10.1. The zero-order valence-corrected chi connectivity index (χ0v) is 19.0. The van der Waals surface area contributed by atoms with Crippen LogP contribution in [0.3, 0.4) is 0 Å². The maximum Gasteiger partial charge on any atom is 0.237 e. The van der Waals surface area contributed by atoms with Crippen LogP contribution in [-0.4, -0.2) is 21.3 Å². The van der Waals surface area contributed by atoms with Gasteiger partial charge in [0.1, 0.15) is 0 Å². The molecular weight excluding hydrogens is 436 g/mol. The number of thiocarbonyl (C=S) groups is 1. The van der Waals surface area contributed by atoms with Gasteiger partial charge in [0, 0.05) is 21.7 Å². The first kappa shape index (κ1) is 21.8. The Hall–Kier alpha value is -3.42. The lowest BCUT2D eigenvalue weighted by atomic mass is 10.2. The van der Waals surface area contributed by atoms with Crippen molar-refractivity contribution in [1.82, 2.24) is 4.98 Å². The Kier molecular flexibility index (Phi) is 6.99. The smallest absolute Gasteiger partial charge is 0.237 e. The number of carbonyl (C=O) groups excluding carboxylic acids is 1. The van der Waals surface area contributed by atoms with Crippen molar-refractivity contribution in [2.24, 2.45) is 0 Å². The molecule has 32 heavy (non-hydrogen) atoms. The van der Waals surface area contributed by atoms with Crippen LogP contribution in [0, 0.1) is 0 Å². The lowest BCUT2D eigenvalue weighted by Gasteiger charge is -2.13. The van der Waals surface area contributed by atoms with Gasteiger partial charge >= 0.3 is 0 Å². The van der Waals surface area contributed by atoms with Crippen LogP contribution in [0.4, 0.5) is 17.1 Å². The minimum Gasteiger partial charge on any atom is -0.332 e. The summed E-state index contributed by atoms with van der Waals surface area (Å²) in [6.45, 7) is 1.89. The monoisotopic (exact) mass is 458 g/mol. The molecule has 7 heteroatoms. The Morgan fingerprint density at radius 3 is 2.25 bits per heavy atom. The molecule has 1 amide bonds. The summed E-state index contributed by atoms with van der Waals surface area (Å²) in [5.41, 5.74) is 3.40. The number of benzene rings is 3. The molecule has 4 rings (SSSR count). The van der Waals surface area contributed by atoms with Crippen LogP contribution in [0.15, 0.2) is 96.0 Å². The number of thioether (sulfide) groups is 1. The molecule has 0 bridgehead atoms. The van der Waals surface area contributed by atoms with Gasteiger partial charge in [-0.3, -0.25) is 9.78 Å². The predicted molar refractivity (Wildman–Crippen MR) is 138 cm³/mol. The molecule has 3 N–H and O–H groups in total. The van der Waals surface area contributed by atoms with Crippen LogP contribution in [0.5, 0.6) is 0 Å². The van der Waals surface area contributed by atoms with Crippen molar-refractivity contribution < 1.29 is 4.79 Å². The summed E-state index contributed by atoms with van der Waals surface area (Å²) in [6.07, 6.45) is 1.68. The van der Waals surface area contributed by atoms with E-state index in [0.29, 0.717) is 10.8 Å². The average molecular weight is 459 g/mol. The third kappa shape index (κ3) is 5.84. The summed E-state index contributed by atoms with van der Waals surface area (Å²) in [4.78, 5) is 18.0. The lowest BCUT2D eigenvalue weighted by Crippen LogP contribution is -2.22. The first-order chi connectivity index (χ1) is 15.6. The van der Waals surface area contributed by atoms with Crippen molar-refractivity contribution in [2.45, 2.75) is 17.1 Å². The maximum absolute atomic E-state index is 12.6. The fourth-order valence-corrected chi connectivity index (χ4v) is 4.18. The molecule has 0 radical (unpaired) electrons. The van der Waals surface area contributed by atoms with Gasteiger partial charge in [-0.2, -0.15) is 0 Å². The van der Waals surface area contributed by atoms with E-state index in [2.05, 4.69) is 20.9 Å². The van der Waals surface area contributed by atoms with Crippen LogP contribution in [0.2, 0.25) is 0 Å². The van der Waals surface area contributed by atoms with Crippen LogP contribution >= 0.6 is 24.0 Å². The van der Waals surface area contributed by atoms with E-state index in [1.807, 2.05) is 91.9 Å². The van der Waals surface area contributed by atoms with E-state index < -0.39 is 0 Å². The number of fused-ring (bicyclic) bond motifs is 1. The first-order valence-corrected chi connectivity index (χ1v) is 11.4. The number of nitrogens with one attached hydrogen (secondary N) is 3. The molecule has 160 valence electrons. The zero-order chi connectivity index (χ0) is 22.3. The third-order valence-electron chi connectivity index (χ3n) is 4.68. The number of para-hydroxylation sites is 2. The van der Waals surface area contributed by atoms with E-state index in [0.717, 1.165) is 27.2 Å². The van der Waals surface area contributed by atoms with E-state index >= 15 is 0 Å². The largest absolute Gasteiger partial charge is 0.332 e. The van der Waals surface area contributed by atoms with Gasteiger partial charge in [0.2, 0.25) is 5.91 Å². The third-order valence-corrected chi connectivity index (χ3v) is 6.00. The summed E-state index contributed by atoms with van der Waals surface area (Å²) in [6, 6.07) is 27.4. The number of anilines is 3. The SMILES string of the molecule is C[C@@H](Sc1ccc(NC(=S)Nc2ccccc2)cc1)C(=O)Nc1cnc2ccccc2c1. The fraction of sp³-hybridized carbons (Fsp3) is 0.0800. The number of rotatable bonds is 6. The Balaban J connectivity index is 1.31. The summed E-state index contributed by atoms with van der Waals surface area (Å²) >= 11 is 6.86. The normalized spacial score (nSPS) is 11.5. The predicted octanol–water partition coefficient (Wildman–Crippen LogP) is 6.16. The Morgan fingerprint density at radius 1 is 0.844 bits per heavy atom. The Bertz CT molecular complexity index is 1230. The molecular formula is C25H22N4OS2. The molecule has 4 aromatic rings. The summed E-state index contributed by atoms with van der Waals surface area (Å²) in [7, 11) is 0. The molecule has 0 aliphatic heterocycles. The number of hydrogen-bond donors (Lipinski definition) is 3. The minimum absolute atomic E-state index is 0.0671. The minimum atomic E-state index is -0.263. The van der Waals surface area contributed by atoms with Crippen LogP contribution in [0.1, 0.15) is 6.92 Å². The van der Waals surface area contributed by atoms with E-state index in [1.165, 1.54) is 11.8 Å². The van der Waals surface area contributed by atoms with Gasteiger partial charge in [-0.15, -0.1) is 11.8 Å². The second kappa shape index (κ2) is 10.3. The zero-order valence-electron chi connectivity index (χ0n) is 17.4. The summed E-state index contributed by atoms with van der Waals surface area (Å²) < 4.78 is 0. The van der Waals surface area contributed by atoms with Crippen molar-refractivity contribution in [1.29, 1.82) is 0 Å². The quantitative estimate of drug-likeness (QED) is 0.237. The Morgan fingerprint density at radius 2 is 1.50 bits per heavy atom. The highest BCUT2D eigenvalue weighted by molar-refractivity contribution is 8.00. The number of pyridine rings is 1. The van der Waals surface area contributed by atoms with Crippen molar-refractivity contribution in [3.8, 4) is 0 Å². The number of hydrogen-bond acceptors (Lipinski definition) is 4. The molecule has 0 fully saturated rings. The second-order valence-corrected chi connectivity index (χ2v) is 8.96. The van der Waals surface area contributed by atoms with Crippen LogP contribution in [0.25, 0.3) is 10.9 Å². The van der Waals surface area contributed by atoms with E-state index in [-0.39, 0.29) is 11.2 Å². The van der Waals surface area contributed by atoms with Crippen LogP contribution < -0.4 is 16.0 Å². The van der Waals surface area contributed by atoms with Crippen LogP contribution in [-0.2, 0) is 4.79 Å². The average Bonchev–Trinajstić information content (AvgIpc) is 2.81. The van der Waals surface area contributed by atoms with E-state index in [1.54, 1.807) is 6.20 Å². The lowest BCUT2D eigenvalue weighted by molar-refractivity contribution is -0.115. The molecule has 5 nitrogen and oxygen atoms in total. The number of amides is 1. The summed E-state index contributed by atoms with van der Waals surface area (Å²) in [5.74, 6) is -0.0671. The molecule has 3 aromatic carbocycles. The molecule has 0 saturated heterocycles. The highest BCUT2D eigenvalue weighted by atomic mass is 32.2. The maximum atomic E-state index is 12.6. The van der Waals surface area contributed by atoms with E-state index in [4.69, 9.17) is 12.2 Å². The van der Waals surface area contributed by atoms with E-state index in [9.17, 15) is 4.79 Å². The molecule has 0 aliphatic carbocycles. The van der Waals surface area contributed by atoms with Gasteiger partial charge in [0.15, 0.2) is 5.11 Å². The standard InChI is InChI=1S/C25H22N4OS2/c1-17(24(30)27-21-15-18-7-5-6-10-23(18)26-16-21)32-22-13-11-20(12-14-22)29-25(31)28-19-8-3-2-4-9-19/h2-17H,1H3,(H,27,30)(H2,28,29,31)/t17-/m1/s1. The van der Waals surface area contributed by atoms with Crippen molar-refractivity contribution >= 4 is 63.0 Å². The molecule has 0 spiro atoms. The van der Waals surface area contributed by atoms with Crippen molar-refractivity contribution in [3.05, 3.63) is 91.1 Å². The molecule has 0 saturated carbocycles. The van der Waals surface area contributed by atoms with Gasteiger partial charge in [-0.05, 0) is 67.7 Å². The number of aromatic nitrogens is 1. The highest BCUT2D eigenvalue weighted by Gasteiger charge is 2.15. The molecule has 0 unspecified atom stereocenters. The highest BCUT2D eigenvalue weighted by Crippen LogP contribution is 2.26. The molecule has 1 atom stereocenters. The fourth-order valence-electron chi connectivity index (χ4n) is 3.07. The topological polar surface area (TPSA) is 66.0 Å². The summed E-state index contributed by atoms with van der Waals surface area (Å²) in [5, 5.41) is 10.5. The Labute approximate surface area is 196 Å². The van der Waals surface area contributed by atoms with Gasteiger partial charge in [0.05, 0.1) is 22.7 Å². The second-order valence-electron chi connectivity index (χ2n) is 7.14. The van der Waals surface area contributed by atoms with Crippen molar-refractivity contribution in [3.63, 3.8) is 0 Å². The van der Waals surface area contributed by atoms with Gasteiger partial charge in [-0.1, -0.05) is 36.4 Å². The number of nitrogens with zero attached hydrogens (tertiary/aromatic N) is 1. The molecule has 1 aromatic heterocycles. The van der Waals surface area contributed by atoms with Gasteiger partial charge < -0.3 is 16.0 Å². The number of carbonyl (C=O) groups is 1. The molecule has 1 heterocycles. The molecule has 0 aliphatic rings. The van der Waals surface area contributed by atoms with Gasteiger partial charge in [-0.25, -0.2) is 0 Å². The van der Waals surface area contributed by atoms with Crippen molar-refractivity contribution in [2.75, 3.05) is 16.0 Å². The van der Waals surface area contributed by atoms with Gasteiger partial charge in [0.25, 0.3) is 0 Å².